The van der Waals surface area contributed by atoms with Crippen molar-refractivity contribution < 1.29 is 24.2 Å². The number of carboxylic acid groups (broad SMARTS) is 1. The highest BCUT2D eigenvalue weighted by Crippen LogP contribution is 2.38. The van der Waals surface area contributed by atoms with Crippen LogP contribution < -0.4 is 20.3 Å². The van der Waals surface area contributed by atoms with E-state index in [4.69, 9.17) is 15.2 Å². The summed E-state index contributed by atoms with van der Waals surface area (Å²) in [6, 6.07) is 3.26. The molecule has 0 aromatic heterocycles. The van der Waals surface area contributed by atoms with Gasteiger partial charge in [0.15, 0.2) is 16.7 Å². The minimum atomic E-state index is -1.35. The fourth-order valence-electron chi connectivity index (χ4n) is 1.67. The standard InChI is InChI=1S/C13H11BrN2O5S/c1-20-8-3-6(4-9-12(19)16-13(15)22-9)2-7(14)11(8)21-5-10(17)18/h2-4H,5H2,1H3,(H,17,18)(H2,15,16,19)/p-1/b9-4+. The number of aliphatic carboxylic acids is 1. The van der Waals surface area contributed by atoms with E-state index in [1.54, 1.807) is 18.2 Å². The van der Waals surface area contributed by atoms with Gasteiger partial charge in [-0.2, -0.15) is 4.99 Å². The van der Waals surface area contributed by atoms with Crippen molar-refractivity contribution in [1.29, 1.82) is 0 Å². The quantitative estimate of drug-likeness (QED) is 0.734. The number of amides is 1. The van der Waals surface area contributed by atoms with E-state index in [2.05, 4.69) is 20.9 Å². The molecule has 1 amide bonds. The second kappa shape index (κ2) is 6.84. The first-order chi connectivity index (χ1) is 10.4. The Morgan fingerprint density at radius 3 is 2.82 bits per heavy atom. The molecule has 9 heteroatoms. The van der Waals surface area contributed by atoms with E-state index in [1.165, 1.54) is 7.11 Å². The summed E-state index contributed by atoms with van der Waals surface area (Å²) in [5.41, 5.74) is 6.13. The first kappa shape index (κ1) is 16.4. The van der Waals surface area contributed by atoms with Crippen LogP contribution in [-0.4, -0.2) is 30.8 Å². The molecule has 0 saturated heterocycles. The number of halogens is 1. The number of thioether (sulfide) groups is 1. The number of nitrogens with zero attached hydrogens (tertiary/aromatic N) is 1. The minimum absolute atomic E-state index is 0.191. The number of benzene rings is 1. The lowest BCUT2D eigenvalue weighted by Crippen LogP contribution is -2.29. The maximum Gasteiger partial charge on any atom is 0.286 e. The largest absolute Gasteiger partial charge is 0.546 e. The van der Waals surface area contributed by atoms with E-state index in [1.807, 2.05) is 0 Å². The first-order valence-corrected chi connectivity index (χ1v) is 7.50. The summed E-state index contributed by atoms with van der Waals surface area (Å²) < 4.78 is 10.8. The van der Waals surface area contributed by atoms with E-state index < -0.39 is 18.5 Å². The molecular weight excluding hydrogens is 376 g/mol. The van der Waals surface area contributed by atoms with Gasteiger partial charge in [0.25, 0.3) is 5.91 Å². The Hall–Kier alpha value is -2.00. The number of amidine groups is 1. The Kier molecular flexibility index (Phi) is 5.09. The van der Waals surface area contributed by atoms with Crippen LogP contribution >= 0.6 is 27.7 Å². The van der Waals surface area contributed by atoms with Crippen molar-refractivity contribution in [2.75, 3.05) is 13.7 Å². The van der Waals surface area contributed by atoms with Gasteiger partial charge in [0.05, 0.1) is 22.5 Å². The van der Waals surface area contributed by atoms with Crippen LogP contribution in [0, 0.1) is 0 Å². The zero-order valence-electron chi connectivity index (χ0n) is 11.3. The average Bonchev–Trinajstić information content (AvgIpc) is 2.74. The second-order valence-corrected chi connectivity index (χ2v) is 5.98. The molecule has 1 aromatic rings. The summed E-state index contributed by atoms with van der Waals surface area (Å²) in [5.74, 6) is -1.21. The van der Waals surface area contributed by atoms with Crippen LogP contribution in [0.4, 0.5) is 0 Å². The average molecular weight is 386 g/mol. The van der Waals surface area contributed by atoms with Crippen LogP contribution in [0.5, 0.6) is 11.5 Å². The highest BCUT2D eigenvalue weighted by molar-refractivity contribution is 9.10. The van der Waals surface area contributed by atoms with Gasteiger partial charge in [-0.05, 0) is 51.5 Å². The predicted octanol–water partition coefficient (Wildman–Crippen LogP) is 0.515. The van der Waals surface area contributed by atoms with Crippen LogP contribution in [0.25, 0.3) is 6.08 Å². The summed E-state index contributed by atoms with van der Waals surface area (Å²) in [5, 5.41) is 10.7. The van der Waals surface area contributed by atoms with Crippen molar-refractivity contribution in [2.45, 2.75) is 0 Å². The van der Waals surface area contributed by atoms with Crippen LogP contribution in [-0.2, 0) is 9.59 Å². The summed E-state index contributed by atoms with van der Waals surface area (Å²) >= 11 is 4.34. The number of carbonyl (C=O) groups is 2. The van der Waals surface area contributed by atoms with Crippen LogP contribution in [0.15, 0.2) is 26.5 Å². The molecule has 0 saturated carbocycles. The zero-order chi connectivity index (χ0) is 16.3. The Morgan fingerprint density at radius 1 is 1.55 bits per heavy atom. The van der Waals surface area contributed by atoms with E-state index in [-0.39, 0.29) is 10.9 Å². The number of methoxy groups -OCH3 is 1. The lowest BCUT2D eigenvalue weighted by Gasteiger charge is -2.14. The maximum absolute atomic E-state index is 11.6. The monoisotopic (exact) mass is 385 g/mol. The van der Waals surface area contributed by atoms with Crippen molar-refractivity contribution in [3.8, 4) is 11.5 Å². The molecule has 2 N–H and O–H groups in total. The predicted molar refractivity (Wildman–Crippen MR) is 83.4 cm³/mol. The Labute approximate surface area is 138 Å². The van der Waals surface area contributed by atoms with Gasteiger partial charge in [-0.3, -0.25) is 4.79 Å². The highest BCUT2D eigenvalue weighted by atomic mass is 79.9. The van der Waals surface area contributed by atoms with Crippen molar-refractivity contribution >= 4 is 50.8 Å². The molecule has 1 aliphatic heterocycles. The first-order valence-electron chi connectivity index (χ1n) is 5.89. The molecule has 7 nitrogen and oxygen atoms in total. The van der Waals surface area contributed by atoms with Gasteiger partial charge >= 0.3 is 0 Å². The van der Waals surface area contributed by atoms with Gasteiger partial charge < -0.3 is 25.1 Å². The van der Waals surface area contributed by atoms with Crippen molar-refractivity contribution in [2.24, 2.45) is 10.7 Å². The normalized spacial score (nSPS) is 15.8. The van der Waals surface area contributed by atoms with Crippen molar-refractivity contribution in [1.82, 2.24) is 0 Å². The lowest BCUT2D eigenvalue weighted by atomic mass is 10.2. The molecule has 1 heterocycles. The van der Waals surface area contributed by atoms with E-state index in [0.29, 0.717) is 20.7 Å². The van der Waals surface area contributed by atoms with E-state index in [9.17, 15) is 14.7 Å². The maximum atomic E-state index is 11.6. The van der Waals surface area contributed by atoms with Gasteiger partial charge in [0, 0.05) is 0 Å². The van der Waals surface area contributed by atoms with Crippen molar-refractivity contribution in [3.63, 3.8) is 0 Å². The molecule has 1 aliphatic rings. The van der Waals surface area contributed by atoms with E-state index in [0.717, 1.165) is 11.8 Å². The Bertz CT molecular complexity index is 702. The third-order valence-corrected chi connectivity index (χ3v) is 3.92. The van der Waals surface area contributed by atoms with Crippen molar-refractivity contribution in [3.05, 3.63) is 27.1 Å². The molecule has 0 aliphatic carbocycles. The van der Waals surface area contributed by atoms with Gasteiger partial charge in [-0.15, -0.1) is 0 Å². The fourth-order valence-corrected chi connectivity index (χ4v) is 2.93. The number of carboxylic acids is 1. The zero-order valence-corrected chi connectivity index (χ0v) is 13.7. The van der Waals surface area contributed by atoms with Gasteiger partial charge in [-0.25, -0.2) is 0 Å². The molecule has 2 rings (SSSR count). The molecular formula is C13H10BrN2O5S-. The molecule has 0 radical (unpaired) electrons. The molecule has 22 heavy (non-hydrogen) atoms. The molecule has 1 aromatic carbocycles. The Morgan fingerprint density at radius 2 is 2.27 bits per heavy atom. The number of ether oxygens (including phenoxy) is 2. The van der Waals surface area contributed by atoms with Gasteiger partial charge in [0.1, 0.15) is 6.61 Å². The number of rotatable bonds is 5. The third kappa shape index (κ3) is 3.80. The molecule has 0 bridgehead atoms. The topological polar surface area (TPSA) is 114 Å². The number of hydrogen-bond donors (Lipinski definition) is 1. The summed E-state index contributed by atoms with van der Waals surface area (Å²) in [4.78, 5) is 26.0. The number of aliphatic imine (C=N–C) groups is 1. The highest BCUT2D eigenvalue weighted by Gasteiger charge is 2.20. The number of hydrogen-bond acceptors (Lipinski definition) is 7. The van der Waals surface area contributed by atoms with Crippen LogP contribution in [0.1, 0.15) is 5.56 Å². The van der Waals surface area contributed by atoms with Gasteiger partial charge in [0.2, 0.25) is 0 Å². The molecule has 116 valence electrons. The fraction of sp³-hybridized carbons (Fsp3) is 0.154. The van der Waals surface area contributed by atoms with E-state index >= 15 is 0 Å². The summed E-state index contributed by atoms with van der Waals surface area (Å²) in [6.07, 6.45) is 1.60. The summed E-state index contributed by atoms with van der Waals surface area (Å²) in [6.45, 7) is -0.603. The number of nitrogens with two attached hydrogens (primary N) is 1. The van der Waals surface area contributed by atoms with Gasteiger partial charge in [-0.1, -0.05) is 0 Å². The molecule has 0 fully saturated rings. The second-order valence-electron chi connectivity index (χ2n) is 4.06. The smallest absolute Gasteiger partial charge is 0.286 e. The molecule has 0 atom stereocenters. The Balaban J connectivity index is 2.32. The summed E-state index contributed by atoms with van der Waals surface area (Å²) in [7, 11) is 1.42. The molecule has 0 unspecified atom stereocenters. The lowest BCUT2D eigenvalue weighted by molar-refractivity contribution is -0.307. The molecule has 0 spiro atoms. The minimum Gasteiger partial charge on any atom is -0.546 e. The van der Waals surface area contributed by atoms with Crippen LogP contribution in [0.2, 0.25) is 0 Å². The third-order valence-electron chi connectivity index (χ3n) is 2.52. The van der Waals surface area contributed by atoms with Crippen LogP contribution in [0.3, 0.4) is 0 Å². The SMILES string of the molecule is COc1cc(/C=C2/SC(N)=NC2=O)cc(Br)c1OCC(=O)[O-]. The number of carbonyl (C=O) groups excluding carboxylic acids is 2.